The van der Waals surface area contributed by atoms with Gasteiger partial charge in [0, 0.05) is 12.6 Å². The van der Waals surface area contributed by atoms with E-state index in [1.807, 2.05) is 0 Å². The average Bonchev–Trinajstić information content (AvgIpc) is 2.52. The van der Waals surface area contributed by atoms with E-state index in [0.29, 0.717) is 6.54 Å². The lowest BCUT2D eigenvalue weighted by Gasteiger charge is -2.16. The molecule has 1 saturated heterocycles. The lowest BCUT2D eigenvalue weighted by atomic mass is 10.2. The van der Waals surface area contributed by atoms with Crippen LogP contribution in [-0.4, -0.2) is 37.1 Å². The second kappa shape index (κ2) is 4.70. The Morgan fingerprint density at radius 2 is 1.91 bits per heavy atom. The third kappa shape index (κ3) is 3.18. The predicted octanol–water partition coefficient (Wildman–Crippen LogP) is -0.242. The zero-order valence-electron chi connectivity index (χ0n) is 7.13. The summed E-state index contributed by atoms with van der Waals surface area (Å²) in [5.41, 5.74) is 11.1. The molecule has 4 N–H and O–H groups in total. The standard InChI is InChI=1S/C8H19N3/c9-7-8(10)3-6-11-4-1-2-5-11/h8H,1-7,9-10H2. The minimum atomic E-state index is 0.204. The van der Waals surface area contributed by atoms with Crippen LogP contribution < -0.4 is 11.5 Å². The maximum absolute atomic E-state index is 5.70. The minimum absolute atomic E-state index is 0.204. The SMILES string of the molecule is NCC(N)CCN1CCCC1. The smallest absolute Gasteiger partial charge is 0.0175 e. The lowest BCUT2D eigenvalue weighted by Crippen LogP contribution is -2.34. The highest BCUT2D eigenvalue weighted by Gasteiger charge is 2.11. The molecule has 3 heteroatoms. The van der Waals surface area contributed by atoms with Gasteiger partial charge in [-0.2, -0.15) is 0 Å². The average molecular weight is 157 g/mol. The quantitative estimate of drug-likeness (QED) is 0.592. The van der Waals surface area contributed by atoms with E-state index in [1.54, 1.807) is 0 Å². The molecule has 0 aromatic rings. The van der Waals surface area contributed by atoms with Gasteiger partial charge < -0.3 is 16.4 Å². The van der Waals surface area contributed by atoms with Crippen molar-refractivity contribution >= 4 is 0 Å². The number of hydrogen-bond donors (Lipinski definition) is 2. The molecule has 0 spiro atoms. The maximum atomic E-state index is 5.70. The minimum Gasteiger partial charge on any atom is -0.329 e. The van der Waals surface area contributed by atoms with Crippen LogP contribution in [0.25, 0.3) is 0 Å². The van der Waals surface area contributed by atoms with Crippen molar-refractivity contribution in [3.05, 3.63) is 0 Å². The van der Waals surface area contributed by atoms with Crippen LogP contribution in [0.3, 0.4) is 0 Å². The molecule has 0 aromatic heterocycles. The van der Waals surface area contributed by atoms with Crippen molar-refractivity contribution < 1.29 is 0 Å². The normalized spacial score (nSPS) is 22.4. The third-order valence-electron chi connectivity index (χ3n) is 2.32. The molecule has 0 bridgehead atoms. The number of likely N-dealkylation sites (tertiary alicyclic amines) is 1. The van der Waals surface area contributed by atoms with Crippen molar-refractivity contribution in [3.8, 4) is 0 Å². The van der Waals surface area contributed by atoms with Gasteiger partial charge in [0.1, 0.15) is 0 Å². The Morgan fingerprint density at radius 1 is 1.27 bits per heavy atom. The van der Waals surface area contributed by atoms with Crippen molar-refractivity contribution in [3.63, 3.8) is 0 Å². The van der Waals surface area contributed by atoms with Gasteiger partial charge >= 0.3 is 0 Å². The third-order valence-corrected chi connectivity index (χ3v) is 2.32. The van der Waals surface area contributed by atoms with Crippen LogP contribution in [0.2, 0.25) is 0 Å². The summed E-state index contributed by atoms with van der Waals surface area (Å²) in [5.74, 6) is 0. The Labute approximate surface area is 68.7 Å². The lowest BCUT2D eigenvalue weighted by molar-refractivity contribution is 0.322. The van der Waals surface area contributed by atoms with Crippen LogP contribution >= 0.6 is 0 Å². The molecule has 1 unspecified atom stereocenters. The van der Waals surface area contributed by atoms with Gasteiger partial charge in [-0.3, -0.25) is 0 Å². The summed E-state index contributed by atoms with van der Waals surface area (Å²) in [5, 5.41) is 0. The molecule has 3 nitrogen and oxygen atoms in total. The highest BCUT2D eigenvalue weighted by Crippen LogP contribution is 2.07. The number of rotatable bonds is 4. The summed E-state index contributed by atoms with van der Waals surface area (Å²) in [4.78, 5) is 2.47. The molecule has 0 amide bonds. The molecule has 66 valence electrons. The Hall–Kier alpha value is -0.120. The molecule has 0 aliphatic carbocycles. The summed E-state index contributed by atoms with van der Waals surface area (Å²) in [7, 11) is 0. The van der Waals surface area contributed by atoms with Gasteiger partial charge in [-0.1, -0.05) is 0 Å². The second-order valence-electron chi connectivity index (χ2n) is 3.33. The molecule has 1 rings (SSSR count). The van der Waals surface area contributed by atoms with Crippen LogP contribution in [0.15, 0.2) is 0 Å². The van der Waals surface area contributed by atoms with E-state index >= 15 is 0 Å². The van der Waals surface area contributed by atoms with Gasteiger partial charge in [0.15, 0.2) is 0 Å². The van der Waals surface area contributed by atoms with Gasteiger partial charge in [0.2, 0.25) is 0 Å². The number of nitrogens with two attached hydrogens (primary N) is 2. The van der Waals surface area contributed by atoms with Crippen LogP contribution in [0, 0.1) is 0 Å². The molecule has 1 atom stereocenters. The van der Waals surface area contributed by atoms with Crippen molar-refractivity contribution in [1.82, 2.24) is 4.90 Å². The predicted molar refractivity (Wildman–Crippen MR) is 47.3 cm³/mol. The van der Waals surface area contributed by atoms with E-state index in [4.69, 9.17) is 11.5 Å². The molecule has 1 fully saturated rings. The van der Waals surface area contributed by atoms with Crippen molar-refractivity contribution in [2.24, 2.45) is 11.5 Å². The first-order valence-corrected chi connectivity index (χ1v) is 4.51. The fourth-order valence-electron chi connectivity index (χ4n) is 1.47. The largest absolute Gasteiger partial charge is 0.329 e. The van der Waals surface area contributed by atoms with Gasteiger partial charge in [0.25, 0.3) is 0 Å². The van der Waals surface area contributed by atoms with E-state index in [0.717, 1.165) is 13.0 Å². The monoisotopic (exact) mass is 157 g/mol. The first-order chi connectivity index (χ1) is 5.33. The molecule has 0 radical (unpaired) electrons. The van der Waals surface area contributed by atoms with Crippen LogP contribution in [-0.2, 0) is 0 Å². The van der Waals surface area contributed by atoms with E-state index in [1.165, 1.54) is 25.9 Å². The maximum Gasteiger partial charge on any atom is 0.0175 e. The first-order valence-electron chi connectivity index (χ1n) is 4.51. The Morgan fingerprint density at radius 3 is 2.45 bits per heavy atom. The molecule has 0 saturated carbocycles. The second-order valence-corrected chi connectivity index (χ2v) is 3.33. The summed E-state index contributed by atoms with van der Waals surface area (Å²) in [6.45, 7) is 4.28. The Kier molecular flexibility index (Phi) is 3.83. The summed E-state index contributed by atoms with van der Waals surface area (Å²) >= 11 is 0. The van der Waals surface area contributed by atoms with Crippen molar-refractivity contribution in [1.29, 1.82) is 0 Å². The molecule has 11 heavy (non-hydrogen) atoms. The van der Waals surface area contributed by atoms with E-state index in [-0.39, 0.29) is 6.04 Å². The number of hydrogen-bond acceptors (Lipinski definition) is 3. The van der Waals surface area contributed by atoms with Gasteiger partial charge in [-0.05, 0) is 38.9 Å². The molecular weight excluding hydrogens is 138 g/mol. The Balaban J connectivity index is 2.01. The molecule has 1 heterocycles. The molecule has 1 aliphatic rings. The van der Waals surface area contributed by atoms with E-state index < -0.39 is 0 Å². The van der Waals surface area contributed by atoms with Gasteiger partial charge in [-0.15, -0.1) is 0 Å². The van der Waals surface area contributed by atoms with E-state index in [2.05, 4.69) is 4.90 Å². The summed E-state index contributed by atoms with van der Waals surface area (Å²) in [6, 6.07) is 0.204. The summed E-state index contributed by atoms with van der Waals surface area (Å²) in [6.07, 6.45) is 3.77. The topological polar surface area (TPSA) is 55.3 Å². The fourth-order valence-corrected chi connectivity index (χ4v) is 1.47. The van der Waals surface area contributed by atoms with Gasteiger partial charge in [0.05, 0.1) is 0 Å². The van der Waals surface area contributed by atoms with Crippen LogP contribution in [0.1, 0.15) is 19.3 Å². The molecular formula is C8H19N3. The molecule has 1 aliphatic heterocycles. The highest BCUT2D eigenvalue weighted by molar-refractivity contribution is 4.69. The summed E-state index contributed by atoms with van der Waals surface area (Å²) < 4.78 is 0. The van der Waals surface area contributed by atoms with Gasteiger partial charge in [-0.25, -0.2) is 0 Å². The van der Waals surface area contributed by atoms with E-state index in [9.17, 15) is 0 Å². The number of nitrogens with zero attached hydrogens (tertiary/aromatic N) is 1. The zero-order valence-corrected chi connectivity index (χ0v) is 7.13. The fraction of sp³-hybridized carbons (Fsp3) is 1.00. The zero-order chi connectivity index (χ0) is 8.10. The van der Waals surface area contributed by atoms with Crippen molar-refractivity contribution in [2.45, 2.75) is 25.3 Å². The van der Waals surface area contributed by atoms with Crippen LogP contribution in [0.5, 0.6) is 0 Å². The molecule has 0 aromatic carbocycles. The Bertz CT molecular complexity index is 99.5. The van der Waals surface area contributed by atoms with Crippen molar-refractivity contribution in [2.75, 3.05) is 26.2 Å². The highest BCUT2D eigenvalue weighted by atomic mass is 15.1. The van der Waals surface area contributed by atoms with Crippen LogP contribution in [0.4, 0.5) is 0 Å². The first kappa shape index (κ1) is 8.97.